The van der Waals surface area contributed by atoms with E-state index in [4.69, 9.17) is 0 Å². The van der Waals surface area contributed by atoms with Gasteiger partial charge in [-0.05, 0) is 38.1 Å². The lowest BCUT2D eigenvalue weighted by atomic mass is 10.1. The van der Waals surface area contributed by atoms with Gasteiger partial charge in [0.1, 0.15) is 0 Å². The van der Waals surface area contributed by atoms with Crippen molar-refractivity contribution in [3.63, 3.8) is 0 Å². The Bertz CT molecular complexity index is 538. The smallest absolute Gasteiger partial charge is 0.151 e. The predicted octanol–water partition coefficient (Wildman–Crippen LogP) is 2.19. The minimum Gasteiger partial charge on any atom is -0.355 e. The minimum absolute atomic E-state index is 0.718. The monoisotopic (exact) mass is 268 g/mol. The number of hydrogen-bond donors (Lipinski definition) is 1. The van der Waals surface area contributed by atoms with Crippen LogP contribution in [0.1, 0.15) is 6.42 Å². The van der Waals surface area contributed by atoms with Gasteiger partial charge in [0.2, 0.25) is 0 Å². The first-order valence-electron chi connectivity index (χ1n) is 7.15. The van der Waals surface area contributed by atoms with Crippen molar-refractivity contribution in [1.82, 2.24) is 15.5 Å². The van der Waals surface area contributed by atoms with Crippen molar-refractivity contribution in [2.45, 2.75) is 6.42 Å². The van der Waals surface area contributed by atoms with Crippen molar-refractivity contribution < 1.29 is 0 Å². The maximum Gasteiger partial charge on any atom is 0.151 e. The molecule has 0 spiro atoms. The Balaban J connectivity index is 1.71. The largest absolute Gasteiger partial charge is 0.355 e. The molecule has 1 aromatic carbocycles. The third kappa shape index (κ3) is 2.80. The van der Waals surface area contributed by atoms with Gasteiger partial charge in [0.05, 0.1) is 5.69 Å². The van der Waals surface area contributed by atoms with Crippen molar-refractivity contribution in [2.24, 2.45) is 5.92 Å². The summed E-state index contributed by atoms with van der Waals surface area (Å²) in [5.41, 5.74) is 2.04. The van der Waals surface area contributed by atoms with E-state index in [0.29, 0.717) is 0 Å². The summed E-state index contributed by atoms with van der Waals surface area (Å²) in [6.45, 7) is 3.22. The quantitative estimate of drug-likeness (QED) is 0.923. The topological polar surface area (TPSA) is 41.0 Å². The summed E-state index contributed by atoms with van der Waals surface area (Å²) in [6, 6.07) is 14.3. The van der Waals surface area contributed by atoms with E-state index < -0.39 is 0 Å². The minimum atomic E-state index is 0.718. The van der Waals surface area contributed by atoms with Gasteiger partial charge >= 0.3 is 0 Å². The fourth-order valence-corrected chi connectivity index (χ4v) is 2.75. The van der Waals surface area contributed by atoms with Gasteiger partial charge in [0.15, 0.2) is 5.82 Å². The van der Waals surface area contributed by atoms with Crippen LogP contribution in [0.4, 0.5) is 5.82 Å². The maximum atomic E-state index is 4.39. The number of aromatic nitrogens is 2. The standard InChI is InChI=1S/C16H20N4/c1-17-11-13-9-10-20(12-13)16-8-7-15(18-19-16)14-5-3-2-4-6-14/h2-8,13,17H,9-12H2,1H3. The molecule has 1 fully saturated rings. The number of nitrogens with one attached hydrogen (secondary N) is 1. The first kappa shape index (κ1) is 13.1. The number of anilines is 1. The normalized spacial score (nSPS) is 18.4. The van der Waals surface area contributed by atoms with E-state index in [1.807, 2.05) is 25.2 Å². The summed E-state index contributed by atoms with van der Waals surface area (Å²) >= 11 is 0. The van der Waals surface area contributed by atoms with Crippen molar-refractivity contribution in [1.29, 1.82) is 0 Å². The van der Waals surface area contributed by atoms with E-state index >= 15 is 0 Å². The molecule has 2 aromatic rings. The summed E-state index contributed by atoms with van der Waals surface area (Å²) < 4.78 is 0. The van der Waals surface area contributed by atoms with Gasteiger partial charge in [0.25, 0.3) is 0 Å². The van der Waals surface area contributed by atoms with Crippen molar-refractivity contribution in [3.8, 4) is 11.3 Å². The summed E-state index contributed by atoms with van der Waals surface area (Å²) in [5.74, 6) is 1.71. The molecule has 2 heterocycles. The SMILES string of the molecule is CNCC1CCN(c2ccc(-c3ccccc3)nn2)C1. The zero-order valence-electron chi connectivity index (χ0n) is 11.8. The average Bonchev–Trinajstić information content (AvgIpc) is 2.97. The molecule has 0 saturated carbocycles. The van der Waals surface area contributed by atoms with Gasteiger partial charge in [-0.25, -0.2) is 0 Å². The van der Waals surface area contributed by atoms with Crippen LogP contribution in [0.3, 0.4) is 0 Å². The molecule has 20 heavy (non-hydrogen) atoms. The first-order chi connectivity index (χ1) is 9.86. The molecule has 0 amide bonds. The lowest BCUT2D eigenvalue weighted by molar-refractivity contribution is 0.548. The molecule has 1 N–H and O–H groups in total. The van der Waals surface area contributed by atoms with Crippen molar-refractivity contribution in [3.05, 3.63) is 42.5 Å². The molecule has 4 heteroatoms. The van der Waals surface area contributed by atoms with Crippen LogP contribution in [0.15, 0.2) is 42.5 Å². The molecule has 0 radical (unpaired) electrons. The fraction of sp³-hybridized carbons (Fsp3) is 0.375. The number of nitrogens with zero attached hydrogens (tertiary/aromatic N) is 3. The highest BCUT2D eigenvalue weighted by atomic mass is 15.3. The van der Waals surface area contributed by atoms with E-state index in [1.54, 1.807) is 0 Å². The molecule has 3 rings (SSSR count). The van der Waals surface area contributed by atoms with Crippen LogP contribution < -0.4 is 10.2 Å². The molecule has 1 saturated heterocycles. The van der Waals surface area contributed by atoms with Gasteiger partial charge in [-0.1, -0.05) is 30.3 Å². The van der Waals surface area contributed by atoms with Crippen LogP contribution in [0.25, 0.3) is 11.3 Å². The Morgan fingerprint density at radius 2 is 2.00 bits per heavy atom. The highest BCUT2D eigenvalue weighted by molar-refractivity contribution is 5.59. The Labute approximate surface area is 119 Å². The zero-order chi connectivity index (χ0) is 13.8. The molecule has 0 aliphatic carbocycles. The van der Waals surface area contributed by atoms with Gasteiger partial charge in [0, 0.05) is 18.7 Å². The lowest BCUT2D eigenvalue weighted by Gasteiger charge is -2.17. The molecule has 1 atom stereocenters. The molecule has 1 aliphatic rings. The predicted molar refractivity (Wildman–Crippen MR) is 81.7 cm³/mol. The van der Waals surface area contributed by atoms with Crippen LogP contribution in [0.5, 0.6) is 0 Å². The van der Waals surface area contributed by atoms with Crippen molar-refractivity contribution in [2.75, 3.05) is 31.6 Å². The lowest BCUT2D eigenvalue weighted by Crippen LogP contribution is -2.25. The van der Waals surface area contributed by atoms with E-state index in [-0.39, 0.29) is 0 Å². The third-order valence-corrected chi connectivity index (χ3v) is 3.82. The number of benzene rings is 1. The molecule has 1 aromatic heterocycles. The Kier molecular flexibility index (Phi) is 3.92. The van der Waals surface area contributed by atoms with E-state index in [2.05, 4.69) is 44.7 Å². The van der Waals surface area contributed by atoms with Crippen LogP contribution in [0.2, 0.25) is 0 Å². The van der Waals surface area contributed by atoms with Crippen LogP contribution in [0, 0.1) is 5.92 Å². The van der Waals surface area contributed by atoms with Gasteiger partial charge in [-0.2, -0.15) is 0 Å². The summed E-state index contributed by atoms with van der Waals surface area (Å²) in [5, 5.41) is 12.0. The summed E-state index contributed by atoms with van der Waals surface area (Å²) in [7, 11) is 2.01. The molecular formula is C16H20N4. The van der Waals surface area contributed by atoms with Gasteiger partial charge < -0.3 is 10.2 Å². The second-order valence-corrected chi connectivity index (χ2v) is 5.30. The van der Waals surface area contributed by atoms with Crippen LogP contribution in [-0.4, -0.2) is 36.9 Å². The number of hydrogen-bond acceptors (Lipinski definition) is 4. The Morgan fingerprint density at radius 3 is 2.70 bits per heavy atom. The molecule has 104 valence electrons. The Morgan fingerprint density at radius 1 is 1.15 bits per heavy atom. The summed E-state index contributed by atoms with van der Waals surface area (Å²) in [4.78, 5) is 2.32. The van der Waals surface area contributed by atoms with Crippen molar-refractivity contribution >= 4 is 5.82 Å². The number of rotatable bonds is 4. The van der Waals surface area contributed by atoms with Crippen LogP contribution >= 0.6 is 0 Å². The zero-order valence-corrected chi connectivity index (χ0v) is 11.8. The summed E-state index contributed by atoms with van der Waals surface area (Å²) in [6.07, 6.45) is 1.23. The molecular weight excluding hydrogens is 248 g/mol. The van der Waals surface area contributed by atoms with Crippen LogP contribution in [-0.2, 0) is 0 Å². The highest BCUT2D eigenvalue weighted by Gasteiger charge is 2.22. The first-order valence-corrected chi connectivity index (χ1v) is 7.15. The van der Waals surface area contributed by atoms with E-state index in [9.17, 15) is 0 Å². The van der Waals surface area contributed by atoms with E-state index in [1.165, 1.54) is 6.42 Å². The van der Waals surface area contributed by atoms with Gasteiger partial charge in [-0.3, -0.25) is 0 Å². The maximum absolute atomic E-state index is 4.39. The molecule has 1 unspecified atom stereocenters. The Hall–Kier alpha value is -1.94. The van der Waals surface area contributed by atoms with E-state index in [0.717, 1.165) is 42.6 Å². The fourth-order valence-electron chi connectivity index (χ4n) is 2.75. The third-order valence-electron chi connectivity index (χ3n) is 3.82. The molecule has 1 aliphatic heterocycles. The molecule has 0 bridgehead atoms. The second kappa shape index (κ2) is 6.01. The van der Waals surface area contributed by atoms with Gasteiger partial charge in [-0.15, -0.1) is 10.2 Å². The highest BCUT2D eigenvalue weighted by Crippen LogP contribution is 2.23. The molecule has 4 nitrogen and oxygen atoms in total. The average molecular weight is 268 g/mol. The second-order valence-electron chi connectivity index (χ2n) is 5.30.